The average molecular weight is 271 g/mol. The molecule has 94 valence electrons. The van der Waals surface area contributed by atoms with E-state index in [0.29, 0.717) is 0 Å². The smallest absolute Gasteiger partial charge is 0.290 e. The van der Waals surface area contributed by atoms with Gasteiger partial charge in [0, 0.05) is 18.0 Å². The summed E-state index contributed by atoms with van der Waals surface area (Å²) in [6.07, 6.45) is 2.40. The first-order valence-corrected chi connectivity index (χ1v) is 5.53. The Morgan fingerprint density at radius 2 is 1.94 bits per heavy atom. The molecule has 0 spiro atoms. The van der Waals surface area contributed by atoms with Gasteiger partial charge in [-0.1, -0.05) is 41.9 Å². The summed E-state index contributed by atoms with van der Waals surface area (Å²) >= 11 is 5.50. The maximum Gasteiger partial charge on any atom is 0.290 e. The van der Waals surface area contributed by atoms with E-state index in [2.05, 4.69) is 4.98 Å². The van der Waals surface area contributed by atoms with Gasteiger partial charge in [0.15, 0.2) is 5.15 Å². The lowest BCUT2D eigenvalue weighted by molar-refractivity contribution is -0.0232. The van der Waals surface area contributed by atoms with Crippen molar-refractivity contribution in [2.45, 2.75) is 12.5 Å². The van der Waals surface area contributed by atoms with Crippen LogP contribution < -0.4 is 5.56 Å². The second-order valence-electron chi connectivity index (χ2n) is 3.72. The van der Waals surface area contributed by atoms with E-state index in [4.69, 9.17) is 11.6 Å². The van der Waals surface area contributed by atoms with Crippen LogP contribution in [0.3, 0.4) is 0 Å². The molecule has 0 aliphatic rings. The lowest BCUT2D eigenvalue weighted by Gasteiger charge is -2.17. The van der Waals surface area contributed by atoms with Gasteiger partial charge < -0.3 is 4.57 Å². The van der Waals surface area contributed by atoms with Crippen molar-refractivity contribution in [2.75, 3.05) is 0 Å². The van der Waals surface area contributed by atoms with Gasteiger partial charge in [0.1, 0.15) is 0 Å². The number of aromatic nitrogens is 2. The zero-order chi connectivity index (χ0) is 13.2. The average Bonchev–Trinajstić information content (AvgIpc) is 2.36. The minimum atomic E-state index is -3.14. The zero-order valence-corrected chi connectivity index (χ0v) is 9.94. The van der Waals surface area contributed by atoms with E-state index in [1.54, 1.807) is 6.07 Å². The molecule has 0 saturated heterocycles. The molecule has 1 aromatic heterocycles. The van der Waals surface area contributed by atoms with Gasteiger partial charge in [-0.2, -0.15) is 8.78 Å². The lowest BCUT2D eigenvalue weighted by atomic mass is 10.1. The maximum absolute atomic E-state index is 13.9. The summed E-state index contributed by atoms with van der Waals surface area (Å²) in [6, 6.07) is 7.31. The molecule has 2 aromatic rings. The van der Waals surface area contributed by atoms with E-state index in [1.807, 2.05) is 0 Å². The predicted molar refractivity (Wildman–Crippen MR) is 63.8 cm³/mol. The Hall–Kier alpha value is -1.75. The van der Waals surface area contributed by atoms with Crippen LogP contribution in [-0.4, -0.2) is 9.55 Å². The van der Waals surface area contributed by atoms with E-state index in [9.17, 15) is 13.6 Å². The molecule has 6 heteroatoms. The molecule has 0 N–H and O–H groups in total. The Bertz CT molecular complexity index is 599. The molecular weight excluding hydrogens is 262 g/mol. The molecule has 0 bridgehead atoms. The SMILES string of the molecule is O=c1c(Cl)nccn1CC(F)(F)c1ccccc1. The van der Waals surface area contributed by atoms with E-state index >= 15 is 0 Å². The van der Waals surface area contributed by atoms with Crippen molar-refractivity contribution < 1.29 is 8.78 Å². The summed E-state index contributed by atoms with van der Waals surface area (Å²) in [4.78, 5) is 15.0. The highest BCUT2D eigenvalue weighted by Gasteiger charge is 2.32. The van der Waals surface area contributed by atoms with Gasteiger partial charge in [-0.3, -0.25) is 4.79 Å². The monoisotopic (exact) mass is 270 g/mol. The standard InChI is InChI=1S/C12H9ClF2N2O/c13-10-11(18)17(7-6-16-10)8-12(14,15)9-4-2-1-3-5-9/h1-7H,8H2. The van der Waals surface area contributed by atoms with Crippen LogP contribution in [0.5, 0.6) is 0 Å². The maximum atomic E-state index is 13.9. The second kappa shape index (κ2) is 4.86. The Labute approximate surface area is 107 Å². The number of benzene rings is 1. The first-order chi connectivity index (χ1) is 8.50. The van der Waals surface area contributed by atoms with Crippen LogP contribution in [-0.2, 0) is 12.5 Å². The fourth-order valence-electron chi connectivity index (χ4n) is 1.53. The fraction of sp³-hybridized carbons (Fsp3) is 0.167. The van der Waals surface area contributed by atoms with Crippen LogP contribution in [0, 0.1) is 0 Å². The second-order valence-corrected chi connectivity index (χ2v) is 4.08. The van der Waals surface area contributed by atoms with Crippen molar-refractivity contribution in [3.63, 3.8) is 0 Å². The molecule has 0 fully saturated rings. The number of rotatable bonds is 3. The quantitative estimate of drug-likeness (QED) is 0.859. The van der Waals surface area contributed by atoms with Crippen LogP contribution in [0.1, 0.15) is 5.56 Å². The number of hydrogen-bond donors (Lipinski definition) is 0. The van der Waals surface area contributed by atoms with Crippen molar-refractivity contribution in [2.24, 2.45) is 0 Å². The third-order valence-electron chi connectivity index (χ3n) is 2.44. The number of halogens is 3. The summed E-state index contributed by atoms with van der Waals surface area (Å²) in [5, 5.41) is -0.318. The normalized spacial score (nSPS) is 11.5. The molecule has 0 radical (unpaired) electrons. The van der Waals surface area contributed by atoms with E-state index in [1.165, 1.54) is 36.7 Å². The van der Waals surface area contributed by atoms with Gasteiger partial charge in [0.25, 0.3) is 11.5 Å². The zero-order valence-electron chi connectivity index (χ0n) is 9.19. The van der Waals surface area contributed by atoms with Crippen LogP contribution >= 0.6 is 11.6 Å². The van der Waals surface area contributed by atoms with Gasteiger partial charge >= 0.3 is 0 Å². The minimum absolute atomic E-state index is 0.148. The summed E-state index contributed by atoms with van der Waals surface area (Å²) < 4.78 is 28.7. The van der Waals surface area contributed by atoms with Crippen LogP contribution in [0.25, 0.3) is 0 Å². The summed E-state index contributed by atoms with van der Waals surface area (Å²) in [5.74, 6) is -3.14. The molecule has 0 unspecified atom stereocenters. The third kappa shape index (κ3) is 2.56. The number of nitrogens with zero attached hydrogens (tertiary/aromatic N) is 2. The molecule has 0 aliphatic carbocycles. The Morgan fingerprint density at radius 3 is 2.61 bits per heavy atom. The Balaban J connectivity index is 2.34. The van der Waals surface area contributed by atoms with Gasteiger partial charge in [-0.05, 0) is 0 Å². The van der Waals surface area contributed by atoms with Crippen molar-refractivity contribution in [1.29, 1.82) is 0 Å². The first-order valence-electron chi connectivity index (χ1n) is 5.15. The van der Waals surface area contributed by atoms with Crippen molar-refractivity contribution >= 4 is 11.6 Å². The fourth-order valence-corrected chi connectivity index (χ4v) is 1.70. The highest BCUT2D eigenvalue weighted by molar-refractivity contribution is 6.29. The van der Waals surface area contributed by atoms with Crippen LogP contribution in [0.15, 0.2) is 47.5 Å². The number of alkyl halides is 2. The minimum Gasteiger partial charge on any atom is -0.305 e. The van der Waals surface area contributed by atoms with Gasteiger partial charge in [0.2, 0.25) is 0 Å². The molecular formula is C12H9ClF2N2O. The highest BCUT2D eigenvalue weighted by Crippen LogP contribution is 2.29. The Kier molecular flexibility index (Phi) is 3.43. The molecule has 1 aromatic carbocycles. The van der Waals surface area contributed by atoms with Crippen LogP contribution in [0.4, 0.5) is 8.78 Å². The highest BCUT2D eigenvalue weighted by atomic mass is 35.5. The molecule has 0 atom stereocenters. The molecule has 0 saturated carbocycles. The topological polar surface area (TPSA) is 34.9 Å². The molecule has 1 heterocycles. The van der Waals surface area contributed by atoms with E-state index in [0.717, 1.165) is 4.57 Å². The molecule has 3 nitrogen and oxygen atoms in total. The Morgan fingerprint density at radius 1 is 1.28 bits per heavy atom. The van der Waals surface area contributed by atoms with Gasteiger partial charge in [0.05, 0.1) is 6.54 Å². The summed E-state index contributed by atoms with van der Waals surface area (Å²) in [7, 11) is 0. The van der Waals surface area contributed by atoms with Crippen LogP contribution in [0.2, 0.25) is 5.15 Å². The summed E-state index contributed by atoms with van der Waals surface area (Å²) in [6.45, 7) is -0.766. The van der Waals surface area contributed by atoms with E-state index < -0.39 is 18.0 Å². The molecule has 0 aliphatic heterocycles. The number of hydrogen-bond acceptors (Lipinski definition) is 2. The summed E-state index contributed by atoms with van der Waals surface area (Å²) in [5.41, 5.74) is -0.875. The van der Waals surface area contributed by atoms with Gasteiger partial charge in [-0.25, -0.2) is 4.98 Å². The van der Waals surface area contributed by atoms with Gasteiger partial charge in [-0.15, -0.1) is 0 Å². The lowest BCUT2D eigenvalue weighted by Crippen LogP contribution is -2.29. The van der Waals surface area contributed by atoms with E-state index in [-0.39, 0.29) is 10.7 Å². The third-order valence-corrected chi connectivity index (χ3v) is 2.70. The van der Waals surface area contributed by atoms with Crippen molar-refractivity contribution in [3.8, 4) is 0 Å². The molecule has 18 heavy (non-hydrogen) atoms. The molecule has 2 rings (SSSR count). The molecule has 0 amide bonds. The predicted octanol–water partition coefficient (Wildman–Crippen LogP) is 2.69. The van der Waals surface area contributed by atoms with Crippen molar-refractivity contribution in [3.05, 3.63) is 63.8 Å². The largest absolute Gasteiger partial charge is 0.305 e. The first kappa shape index (κ1) is 12.7. The van der Waals surface area contributed by atoms with Crippen molar-refractivity contribution in [1.82, 2.24) is 9.55 Å².